The second-order valence-corrected chi connectivity index (χ2v) is 8.62. The number of hydrogen-bond donors (Lipinski definition) is 8. The molecule has 194 valence electrons. The van der Waals surface area contributed by atoms with Crippen molar-refractivity contribution in [3.8, 4) is 5.75 Å². The quantitative estimate of drug-likeness (QED) is 0.122. The van der Waals surface area contributed by atoms with Gasteiger partial charge >= 0.3 is 5.97 Å². The van der Waals surface area contributed by atoms with Gasteiger partial charge in [0.1, 0.15) is 23.9 Å². The van der Waals surface area contributed by atoms with Crippen molar-refractivity contribution in [2.75, 3.05) is 18.6 Å². The highest BCUT2D eigenvalue weighted by Gasteiger charge is 2.31. The van der Waals surface area contributed by atoms with Crippen molar-refractivity contribution in [3.63, 3.8) is 0 Å². The van der Waals surface area contributed by atoms with Crippen LogP contribution < -0.4 is 27.4 Å². The Balaban J connectivity index is 3.10. The van der Waals surface area contributed by atoms with Crippen LogP contribution in [0.15, 0.2) is 24.3 Å². The fourth-order valence-corrected chi connectivity index (χ4v) is 3.36. The maximum Gasteiger partial charge on any atom is 0.328 e. The molecule has 0 saturated heterocycles. The van der Waals surface area contributed by atoms with Crippen LogP contribution in [0.4, 0.5) is 0 Å². The highest BCUT2D eigenvalue weighted by Crippen LogP contribution is 2.12. The number of phenols is 1. The fourth-order valence-electron chi connectivity index (χ4n) is 2.87. The summed E-state index contributed by atoms with van der Waals surface area (Å²) < 4.78 is 0. The number of aliphatic hydroxyl groups excluding tert-OH is 1. The summed E-state index contributed by atoms with van der Waals surface area (Å²) in [5.74, 6) is -4.42. The van der Waals surface area contributed by atoms with Crippen LogP contribution in [0.25, 0.3) is 0 Å². The van der Waals surface area contributed by atoms with E-state index in [4.69, 9.17) is 21.7 Å². The summed E-state index contributed by atoms with van der Waals surface area (Å²) >= 11 is 1.49. The van der Waals surface area contributed by atoms with E-state index in [-0.39, 0.29) is 12.2 Å². The molecule has 0 aliphatic heterocycles. The second kappa shape index (κ2) is 14.8. The third-order valence-electron chi connectivity index (χ3n) is 4.81. The van der Waals surface area contributed by atoms with Crippen molar-refractivity contribution in [3.05, 3.63) is 29.8 Å². The summed E-state index contributed by atoms with van der Waals surface area (Å²) in [6.07, 6.45) is 1.49. The van der Waals surface area contributed by atoms with Crippen LogP contribution in [0.1, 0.15) is 18.4 Å². The average molecular weight is 514 g/mol. The molecule has 1 aromatic rings. The molecule has 14 heteroatoms. The van der Waals surface area contributed by atoms with Crippen molar-refractivity contribution < 1.29 is 39.3 Å². The van der Waals surface area contributed by atoms with Gasteiger partial charge in [-0.1, -0.05) is 12.1 Å². The van der Waals surface area contributed by atoms with Gasteiger partial charge in [0.2, 0.25) is 23.6 Å². The van der Waals surface area contributed by atoms with E-state index in [1.165, 1.54) is 36.0 Å². The summed E-state index contributed by atoms with van der Waals surface area (Å²) in [6.45, 7) is -0.925. The summed E-state index contributed by atoms with van der Waals surface area (Å²) in [7, 11) is 0. The molecule has 35 heavy (non-hydrogen) atoms. The molecule has 0 aliphatic carbocycles. The van der Waals surface area contributed by atoms with Gasteiger partial charge in [0.25, 0.3) is 0 Å². The van der Waals surface area contributed by atoms with Gasteiger partial charge in [0.15, 0.2) is 0 Å². The molecule has 1 rings (SSSR count). The third-order valence-corrected chi connectivity index (χ3v) is 5.46. The highest BCUT2D eigenvalue weighted by atomic mass is 32.2. The molecule has 10 N–H and O–H groups in total. The molecule has 4 atom stereocenters. The average Bonchev–Trinajstić information content (AvgIpc) is 2.80. The normalized spacial score (nSPS) is 14.1. The zero-order valence-corrected chi connectivity index (χ0v) is 19.9. The van der Waals surface area contributed by atoms with Gasteiger partial charge in [-0.05, 0) is 36.1 Å². The van der Waals surface area contributed by atoms with E-state index in [0.29, 0.717) is 17.7 Å². The summed E-state index contributed by atoms with van der Waals surface area (Å²) in [5, 5.41) is 34.5. The molecule has 0 spiro atoms. The molecule has 4 amide bonds. The smallest absolute Gasteiger partial charge is 0.328 e. The van der Waals surface area contributed by atoms with E-state index in [0.717, 1.165) is 0 Å². The Morgan fingerprint density at radius 2 is 1.49 bits per heavy atom. The van der Waals surface area contributed by atoms with Crippen molar-refractivity contribution in [1.82, 2.24) is 16.0 Å². The first kappa shape index (κ1) is 29.7. The lowest BCUT2D eigenvalue weighted by atomic mass is 10.0. The van der Waals surface area contributed by atoms with Crippen LogP contribution in [-0.2, 0) is 30.4 Å². The lowest BCUT2D eigenvalue weighted by Gasteiger charge is -2.24. The van der Waals surface area contributed by atoms with Crippen LogP contribution in [-0.4, -0.2) is 87.7 Å². The Kier molecular flexibility index (Phi) is 12.6. The van der Waals surface area contributed by atoms with Crippen LogP contribution in [0.3, 0.4) is 0 Å². The van der Waals surface area contributed by atoms with Crippen molar-refractivity contribution in [1.29, 1.82) is 0 Å². The van der Waals surface area contributed by atoms with Crippen molar-refractivity contribution in [2.45, 2.75) is 43.4 Å². The lowest BCUT2D eigenvalue weighted by Crippen LogP contribution is -2.58. The third kappa shape index (κ3) is 10.6. The number of rotatable bonds is 15. The van der Waals surface area contributed by atoms with Gasteiger partial charge < -0.3 is 42.7 Å². The van der Waals surface area contributed by atoms with Crippen LogP contribution in [0.2, 0.25) is 0 Å². The number of carboxylic acid groups (broad SMARTS) is 1. The minimum Gasteiger partial charge on any atom is -0.508 e. The zero-order valence-electron chi connectivity index (χ0n) is 19.1. The summed E-state index contributed by atoms with van der Waals surface area (Å²) in [5.41, 5.74) is 11.6. The van der Waals surface area contributed by atoms with Crippen molar-refractivity contribution in [2.24, 2.45) is 11.5 Å². The molecule has 0 fully saturated rings. The van der Waals surface area contributed by atoms with Gasteiger partial charge in [0.05, 0.1) is 19.1 Å². The number of amides is 4. The predicted molar refractivity (Wildman–Crippen MR) is 127 cm³/mol. The molecule has 0 saturated carbocycles. The number of aliphatic hydroxyl groups is 1. The maximum atomic E-state index is 13.1. The maximum absolute atomic E-state index is 13.1. The summed E-state index contributed by atoms with van der Waals surface area (Å²) in [4.78, 5) is 60.7. The highest BCUT2D eigenvalue weighted by molar-refractivity contribution is 7.98. The van der Waals surface area contributed by atoms with E-state index in [2.05, 4.69) is 10.6 Å². The number of aliphatic carboxylic acids is 1. The Bertz CT molecular complexity index is 898. The zero-order chi connectivity index (χ0) is 26.5. The largest absolute Gasteiger partial charge is 0.508 e. The molecule has 0 heterocycles. The first-order chi connectivity index (χ1) is 16.5. The van der Waals surface area contributed by atoms with E-state index >= 15 is 0 Å². The van der Waals surface area contributed by atoms with Crippen LogP contribution >= 0.6 is 11.8 Å². The molecule has 0 bridgehead atoms. The molecule has 0 aromatic heterocycles. The molecular weight excluding hydrogens is 482 g/mol. The number of benzene rings is 1. The number of primary amides is 1. The van der Waals surface area contributed by atoms with Crippen LogP contribution in [0.5, 0.6) is 5.75 Å². The Labute approximate surface area is 206 Å². The SMILES string of the molecule is CSCCC(N)C(=O)NC(Cc1ccc(O)cc1)C(=O)NC(CC(N)=O)C(=O)NC(CO)C(=O)O. The van der Waals surface area contributed by atoms with Crippen molar-refractivity contribution >= 4 is 41.4 Å². The predicted octanol–water partition coefficient (Wildman–Crippen LogP) is -2.58. The summed E-state index contributed by atoms with van der Waals surface area (Å²) in [6, 6.07) is 0.464. The van der Waals surface area contributed by atoms with E-state index in [1.807, 2.05) is 11.6 Å². The second-order valence-electron chi connectivity index (χ2n) is 7.63. The minimum atomic E-state index is -1.67. The molecule has 1 aromatic carbocycles. The molecule has 4 unspecified atom stereocenters. The number of carbonyl (C=O) groups excluding carboxylic acids is 4. The van der Waals surface area contributed by atoms with Gasteiger partial charge in [-0.3, -0.25) is 19.2 Å². The topological polar surface area (TPSA) is 234 Å². The number of nitrogens with two attached hydrogens (primary N) is 2. The molecular formula is C21H31N5O8S. The van der Waals surface area contributed by atoms with Gasteiger partial charge in [0, 0.05) is 6.42 Å². The Hall–Kier alpha value is -3.36. The number of phenolic OH excluding ortho intramolecular Hbond substituents is 1. The Morgan fingerprint density at radius 3 is 2.00 bits per heavy atom. The monoisotopic (exact) mass is 513 g/mol. The van der Waals surface area contributed by atoms with Gasteiger partial charge in [-0.15, -0.1) is 0 Å². The molecule has 0 radical (unpaired) electrons. The first-order valence-electron chi connectivity index (χ1n) is 10.5. The number of nitrogens with one attached hydrogen (secondary N) is 3. The first-order valence-corrected chi connectivity index (χ1v) is 11.9. The Morgan fingerprint density at radius 1 is 0.943 bits per heavy atom. The number of thioether (sulfide) groups is 1. The number of carbonyl (C=O) groups is 5. The number of carboxylic acids is 1. The fraction of sp³-hybridized carbons (Fsp3) is 0.476. The minimum absolute atomic E-state index is 0.00654. The lowest BCUT2D eigenvalue weighted by molar-refractivity contribution is -0.143. The standard InChI is InChI=1S/C21H31N5O8S/c1-35-7-6-13(22)18(30)24-14(8-11-2-4-12(28)5-3-11)19(31)25-15(9-17(23)29)20(32)26-16(10-27)21(33)34/h2-5,13-16,27-28H,6-10,22H2,1H3,(H2,23,29)(H,24,30)(H,25,31)(H,26,32)(H,33,34). The van der Waals surface area contributed by atoms with E-state index in [9.17, 15) is 29.1 Å². The molecule has 13 nitrogen and oxygen atoms in total. The number of hydrogen-bond acceptors (Lipinski definition) is 9. The molecule has 0 aliphatic rings. The van der Waals surface area contributed by atoms with Crippen LogP contribution in [0, 0.1) is 0 Å². The van der Waals surface area contributed by atoms with E-state index < -0.39 is 66.8 Å². The van der Waals surface area contributed by atoms with Gasteiger partial charge in [-0.2, -0.15) is 11.8 Å². The van der Waals surface area contributed by atoms with Gasteiger partial charge in [-0.25, -0.2) is 4.79 Å². The van der Waals surface area contributed by atoms with E-state index in [1.54, 1.807) is 0 Å². The number of aromatic hydroxyl groups is 1.